The van der Waals surface area contributed by atoms with Crippen LogP contribution in [0.1, 0.15) is 53.4 Å². The number of likely N-dealkylation sites (tertiary alicyclic amines) is 1. The molecule has 2 atom stereocenters. The number of hydrogen-bond donors (Lipinski definition) is 1. The third-order valence-corrected chi connectivity index (χ3v) is 4.10. The number of nitrogens with zero attached hydrogens (tertiary/aromatic N) is 1. The average molecular weight is 226 g/mol. The number of rotatable bonds is 5. The van der Waals surface area contributed by atoms with Crippen LogP contribution in [0.15, 0.2) is 0 Å². The molecule has 1 aliphatic heterocycles. The second kappa shape index (κ2) is 6.02. The van der Waals surface area contributed by atoms with Crippen LogP contribution in [0.3, 0.4) is 0 Å². The lowest BCUT2D eigenvalue weighted by molar-refractivity contribution is 0.118. The van der Waals surface area contributed by atoms with Gasteiger partial charge in [-0.15, -0.1) is 0 Å². The predicted molar refractivity (Wildman–Crippen MR) is 71.5 cm³/mol. The summed E-state index contributed by atoms with van der Waals surface area (Å²) in [5.74, 6) is 0.888. The van der Waals surface area contributed by atoms with E-state index in [1.54, 1.807) is 0 Å². The largest absolute Gasteiger partial charge is 0.330 e. The number of nitrogens with two attached hydrogens (primary N) is 1. The Hall–Kier alpha value is -0.0800. The van der Waals surface area contributed by atoms with Crippen molar-refractivity contribution in [2.24, 2.45) is 17.1 Å². The van der Waals surface area contributed by atoms with Crippen LogP contribution in [0.2, 0.25) is 0 Å². The molecule has 2 unspecified atom stereocenters. The van der Waals surface area contributed by atoms with Gasteiger partial charge in [0.1, 0.15) is 0 Å². The second-order valence-corrected chi connectivity index (χ2v) is 6.50. The molecule has 0 aromatic heterocycles. The number of piperidine rings is 1. The third-order valence-electron chi connectivity index (χ3n) is 4.10. The molecule has 0 aromatic rings. The Bertz CT molecular complexity index is 201. The maximum absolute atomic E-state index is 5.76. The molecule has 1 rings (SSSR count). The van der Waals surface area contributed by atoms with E-state index in [2.05, 4.69) is 32.6 Å². The van der Waals surface area contributed by atoms with Crippen molar-refractivity contribution in [3.8, 4) is 0 Å². The molecule has 1 fully saturated rings. The Labute approximate surface area is 102 Å². The first-order valence-corrected chi connectivity index (χ1v) is 6.89. The summed E-state index contributed by atoms with van der Waals surface area (Å²) in [5, 5.41) is 0. The number of hydrogen-bond acceptors (Lipinski definition) is 2. The molecule has 0 spiro atoms. The lowest BCUT2D eigenvalue weighted by atomic mass is 9.87. The molecule has 1 saturated heterocycles. The molecular weight excluding hydrogens is 196 g/mol. The smallest absolute Gasteiger partial charge is 0.00671 e. The van der Waals surface area contributed by atoms with Gasteiger partial charge < -0.3 is 10.6 Å². The van der Waals surface area contributed by atoms with Gasteiger partial charge in [-0.3, -0.25) is 0 Å². The van der Waals surface area contributed by atoms with E-state index >= 15 is 0 Å². The molecule has 0 amide bonds. The van der Waals surface area contributed by atoms with Gasteiger partial charge in [0.05, 0.1) is 0 Å². The van der Waals surface area contributed by atoms with Crippen molar-refractivity contribution in [2.45, 2.75) is 59.4 Å². The zero-order valence-electron chi connectivity index (χ0n) is 11.6. The third kappa shape index (κ3) is 4.42. The highest BCUT2D eigenvalue weighted by molar-refractivity contribution is 4.78. The highest BCUT2D eigenvalue weighted by Crippen LogP contribution is 2.24. The van der Waals surface area contributed by atoms with Crippen LogP contribution in [0, 0.1) is 11.3 Å². The Morgan fingerprint density at radius 2 is 1.94 bits per heavy atom. The van der Waals surface area contributed by atoms with Crippen LogP contribution in [-0.4, -0.2) is 30.6 Å². The molecule has 16 heavy (non-hydrogen) atoms. The molecule has 0 aromatic carbocycles. The summed E-state index contributed by atoms with van der Waals surface area (Å²) in [5.41, 5.74) is 6.09. The first-order valence-electron chi connectivity index (χ1n) is 6.89. The summed E-state index contributed by atoms with van der Waals surface area (Å²) in [7, 11) is 0. The Morgan fingerprint density at radius 3 is 2.56 bits per heavy atom. The summed E-state index contributed by atoms with van der Waals surface area (Å²) in [6, 6.07) is 0.789. The predicted octanol–water partition coefficient (Wildman–Crippen LogP) is 2.87. The Balaban J connectivity index is 2.26. The lowest BCUT2D eigenvalue weighted by Gasteiger charge is -2.37. The van der Waals surface area contributed by atoms with Gasteiger partial charge in [-0.2, -0.15) is 0 Å². The first-order chi connectivity index (χ1) is 7.44. The maximum Gasteiger partial charge on any atom is 0.00671 e. The molecule has 2 N–H and O–H groups in total. The molecule has 0 saturated carbocycles. The van der Waals surface area contributed by atoms with E-state index in [9.17, 15) is 0 Å². The van der Waals surface area contributed by atoms with E-state index in [1.165, 1.54) is 38.8 Å². The fraction of sp³-hybridized carbons (Fsp3) is 1.00. The zero-order valence-corrected chi connectivity index (χ0v) is 11.6. The minimum absolute atomic E-state index is 0.324. The van der Waals surface area contributed by atoms with Crippen molar-refractivity contribution in [3.05, 3.63) is 0 Å². The summed E-state index contributed by atoms with van der Waals surface area (Å²) >= 11 is 0. The van der Waals surface area contributed by atoms with E-state index in [4.69, 9.17) is 5.73 Å². The molecule has 1 heterocycles. The van der Waals surface area contributed by atoms with E-state index in [0.717, 1.165) is 18.5 Å². The molecule has 96 valence electrons. The summed E-state index contributed by atoms with van der Waals surface area (Å²) < 4.78 is 0. The molecule has 2 nitrogen and oxygen atoms in total. The molecule has 0 radical (unpaired) electrons. The molecule has 1 aliphatic rings. The summed E-state index contributed by atoms with van der Waals surface area (Å²) in [4.78, 5) is 2.67. The minimum atomic E-state index is 0.324. The lowest BCUT2D eigenvalue weighted by Crippen LogP contribution is -2.41. The zero-order chi connectivity index (χ0) is 12.2. The van der Waals surface area contributed by atoms with Crippen molar-refractivity contribution in [1.29, 1.82) is 0 Å². The molecule has 0 bridgehead atoms. The van der Waals surface area contributed by atoms with Crippen molar-refractivity contribution < 1.29 is 0 Å². The summed E-state index contributed by atoms with van der Waals surface area (Å²) in [6.07, 6.45) is 5.33. The van der Waals surface area contributed by atoms with E-state index in [0.29, 0.717) is 5.41 Å². The fourth-order valence-corrected chi connectivity index (χ4v) is 2.55. The minimum Gasteiger partial charge on any atom is -0.330 e. The van der Waals surface area contributed by atoms with E-state index < -0.39 is 0 Å². The van der Waals surface area contributed by atoms with Gasteiger partial charge in [-0.05, 0) is 57.0 Å². The van der Waals surface area contributed by atoms with Crippen LogP contribution >= 0.6 is 0 Å². The topological polar surface area (TPSA) is 29.3 Å². The standard InChI is InChI=1S/C14H30N2/c1-12-6-7-13(2)16(10-12)9-5-8-14(3,4)11-15/h12-13H,5-11,15H2,1-4H3. The van der Waals surface area contributed by atoms with Gasteiger partial charge >= 0.3 is 0 Å². The van der Waals surface area contributed by atoms with Crippen molar-refractivity contribution >= 4 is 0 Å². The van der Waals surface area contributed by atoms with Gasteiger partial charge in [0, 0.05) is 12.6 Å². The maximum atomic E-state index is 5.76. The van der Waals surface area contributed by atoms with Crippen LogP contribution in [-0.2, 0) is 0 Å². The van der Waals surface area contributed by atoms with Gasteiger partial charge in [-0.1, -0.05) is 20.8 Å². The van der Waals surface area contributed by atoms with Gasteiger partial charge in [0.2, 0.25) is 0 Å². The van der Waals surface area contributed by atoms with Crippen LogP contribution in [0.5, 0.6) is 0 Å². The van der Waals surface area contributed by atoms with E-state index in [-0.39, 0.29) is 0 Å². The Kier molecular flexibility index (Phi) is 5.26. The van der Waals surface area contributed by atoms with Gasteiger partial charge in [0.15, 0.2) is 0 Å². The quantitative estimate of drug-likeness (QED) is 0.781. The van der Waals surface area contributed by atoms with Crippen LogP contribution < -0.4 is 5.73 Å². The molecular formula is C14H30N2. The normalized spacial score (nSPS) is 28.3. The van der Waals surface area contributed by atoms with Crippen molar-refractivity contribution in [1.82, 2.24) is 4.90 Å². The van der Waals surface area contributed by atoms with Crippen molar-refractivity contribution in [3.63, 3.8) is 0 Å². The van der Waals surface area contributed by atoms with Gasteiger partial charge in [0.25, 0.3) is 0 Å². The molecule has 0 aliphatic carbocycles. The summed E-state index contributed by atoms with van der Waals surface area (Å²) in [6.45, 7) is 12.7. The average Bonchev–Trinajstić information content (AvgIpc) is 2.23. The highest BCUT2D eigenvalue weighted by Gasteiger charge is 2.23. The molecule has 2 heteroatoms. The first kappa shape index (κ1) is 14.0. The second-order valence-electron chi connectivity index (χ2n) is 6.50. The Morgan fingerprint density at radius 1 is 1.25 bits per heavy atom. The fourth-order valence-electron chi connectivity index (χ4n) is 2.55. The van der Waals surface area contributed by atoms with E-state index in [1.807, 2.05) is 0 Å². The van der Waals surface area contributed by atoms with Crippen molar-refractivity contribution in [2.75, 3.05) is 19.6 Å². The van der Waals surface area contributed by atoms with Crippen LogP contribution in [0.25, 0.3) is 0 Å². The SMILES string of the molecule is CC1CCC(C)N(CCCC(C)(C)CN)C1. The monoisotopic (exact) mass is 226 g/mol. The highest BCUT2D eigenvalue weighted by atomic mass is 15.2. The van der Waals surface area contributed by atoms with Crippen LogP contribution in [0.4, 0.5) is 0 Å². The van der Waals surface area contributed by atoms with Gasteiger partial charge in [-0.25, -0.2) is 0 Å².